The highest BCUT2D eigenvalue weighted by Gasteiger charge is 2.14. The lowest BCUT2D eigenvalue weighted by molar-refractivity contribution is 0.597. The van der Waals surface area contributed by atoms with Gasteiger partial charge in [0.1, 0.15) is 0 Å². The molecule has 1 aromatic carbocycles. The van der Waals surface area contributed by atoms with Crippen molar-refractivity contribution in [2.24, 2.45) is 0 Å². The molecule has 2 aromatic rings. The second kappa shape index (κ2) is 4.28. The number of benzene rings is 1. The quantitative estimate of drug-likeness (QED) is 0.806. The van der Waals surface area contributed by atoms with E-state index in [9.17, 15) is 8.42 Å². The van der Waals surface area contributed by atoms with Crippen molar-refractivity contribution >= 4 is 15.7 Å². The molecule has 5 nitrogen and oxygen atoms in total. The van der Waals surface area contributed by atoms with Crippen molar-refractivity contribution in [2.45, 2.75) is 5.03 Å². The molecule has 0 fully saturated rings. The Hall–Kier alpha value is -1.95. The number of hydrogen-bond donors (Lipinski definition) is 1. The number of para-hydroxylation sites is 1. The molecule has 0 atom stereocenters. The molecule has 0 amide bonds. The summed E-state index contributed by atoms with van der Waals surface area (Å²) in [5, 5.41) is -0.105. The third-order valence-corrected chi connectivity index (χ3v) is 3.09. The molecular formula is C10H8N3O2S. The minimum Gasteiger partial charge on any atom is -0.278 e. The second-order valence-electron chi connectivity index (χ2n) is 2.97. The van der Waals surface area contributed by atoms with Gasteiger partial charge < -0.3 is 0 Å². The zero-order valence-corrected chi connectivity index (χ0v) is 8.98. The van der Waals surface area contributed by atoms with Gasteiger partial charge in [-0.25, -0.2) is 9.97 Å². The topological polar surface area (TPSA) is 72.0 Å². The Morgan fingerprint density at radius 1 is 1.12 bits per heavy atom. The molecule has 1 radical (unpaired) electrons. The first-order valence-electron chi connectivity index (χ1n) is 4.45. The molecular weight excluding hydrogens is 226 g/mol. The van der Waals surface area contributed by atoms with E-state index in [2.05, 4.69) is 21.0 Å². The van der Waals surface area contributed by atoms with Crippen LogP contribution in [0.5, 0.6) is 0 Å². The van der Waals surface area contributed by atoms with Gasteiger partial charge in [0, 0.05) is 11.9 Å². The van der Waals surface area contributed by atoms with E-state index in [0.717, 1.165) is 0 Å². The van der Waals surface area contributed by atoms with Crippen LogP contribution >= 0.6 is 0 Å². The zero-order valence-electron chi connectivity index (χ0n) is 8.16. The van der Waals surface area contributed by atoms with Crippen molar-refractivity contribution in [3.8, 4) is 0 Å². The maximum atomic E-state index is 11.8. The normalized spacial score (nSPS) is 11.0. The second-order valence-corrected chi connectivity index (χ2v) is 4.60. The lowest BCUT2D eigenvalue weighted by Gasteiger charge is -2.05. The van der Waals surface area contributed by atoms with E-state index in [1.54, 1.807) is 30.3 Å². The van der Waals surface area contributed by atoms with Crippen LogP contribution in [-0.4, -0.2) is 18.4 Å². The van der Waals surface area contributed by atoms with Gasteiger partial charge in [0.25, 0.3) is 10.0 Å². The maximum Gasteiger partial charge on any atom is 0.279 e. The van der Waals surface area contributed by atoms with E-state index in [0.29, 0.717) is 5.69 Å². The van der Waals surface area contributed by atoms with Gasteiger partial charge in [0.15, 0.2) is 11.4 Å². The highest BCUT2D eigenvalue weighted by Crippen LogP contribution is 2.12. The van der Waals surface area contributed by atoms with Gasteiger partial charge in [-0.15, -0.1) is 0 Å². The number of aromatic nitrogens is 2. The molecule has 81 valence electrons. The minimum atomic E-state index is -3.65. The lowest BCUT2D eigenvalue weighted by atomic mass is 10.3. The molecule has 1 heterocycles. The fourth-order valence-corrected chi connectivity index (χ4v) is 2.07. The predicted molar refractivity (Wildman–Crippen MR) is 58.1 cm³/mol. The van der Waals surface area contributed by atoms with Gasteiger partial charge in [-0.2, -0.15) is 8.42 Å². The molecule has 0 bridgehead atoms. The highest BCUT2D eigenvalue weighted by molar-refractivity contribution is 7.92. The van der Waals surface area contributed by atoms with E-state index in [4.69, 9.17) is 0 Å². The van der Waals surface area contributed by atoms with Crippen LogP contribution < -0.4 is 4.72 Å². The maximum absolute atomic E-state index is 11.8. The SMILES string of the molecule is O=S(=O)(Nc1ccccc1)c1ccn[c]n1. The van der Waals surface area contributed by atoms with Crippen LogP contribution in [0.1, 0.15) is 0 Å². The fraction of sp³-hybridized carbons (Fsp3) is 0. The lowest BCUT2D eigenvalue weighted by Crippen LogP contribution is -2.14. The number of rotatable bonds is 3. The van der Waals surface area contributed by atoms with Crippen LogP contribution in [0, 0.1) is 6.33 Å². The summed E-state index contributed by atoms with van der Waals surface area (Å²) in [4.78, 5) is 7.10. The van der Waals surface area contributed by atoms with Crippen molar-refractivity contribution in [3.05, 3.63) is 48.9 Å². The summed E-state index contributed by atoms with van der Waals surface area (Å²) in [5.41, 5.74) is 0.487. The molecule has 1 aromatic heterocycles. The van der Waals surface area contributed by atoms with Crippen molar-refractivity contribution in [1.82, 2.24) is 9.97 Å². The summed E-state index contributed by atoms with van der Waals surface area (Å²) in [6, 6.07) is 9.90. The third-order valence-electron chi connectivity index (χ3n) is 1.81. The summed E-state index contributed by atoms with van der Waals surface area (Å²) in [7, 11) is -3.65. The Kier molecular flexibility index (Phi) is 2.82. The number of nitrogens with one attached hydrogen (secondary N) is 1. The molecule has 1 N–H and O–H groups in total. The van der Waals surface area contributed by atoms with Crippen LogP contribution in [0.15, 0.2) is 47.6 Å². The Balaban J connectivity index is 2.29. The monoisotopic (exact) mass is 234 g/mol. The highest BCUT2D eigenvalue weighted by atomic mass is 32.2. The van der Waals surface area contributed by atoms with Gasteiger partial charge in [0.2, 0.25) is 0 Å². The average molecular weight is 234 g/mol. The van der Waals surface area contributed by atoms with Gasteiger partial charge in [-0.1, -0.05) is 18.2 Å². The van der Waals surface area contributed by atoms with Crippen LogP contribution in [-0.2, 0) is 10.0 Å². The minimum absolute atomic E-state index is 0.105. The third kappa shape index (κ3) is 2.34. The Bertz CT molecular complexity index is 555. The van der Waals surface area contributed by atoms with E-state index in [1.165, 1.54) is 12.3 Å². The standard InChI is InChI=1S/C10H8N3O2S/c14-16(15,10-6-7-11-8-12-10)13-9-4-2-1-3-5-9/h1-7,13H. The summed E-state index contributed by atoms with van der Waals surface area (Å²) < 4.78 is 26.0. The molecule has 0 saturated carbocycles. The van der Waals surface area contributed by atoms with Crippen molar-refractivity contribution in [3.63, 3.8) is 0 Å². The molecule has 0 unspecified atom stereocenters. The Morgan fingerprint density at radius 3 is 2.50 bits per heavy atom. The first-order valence-corrected chi connectivity index (χ1v) is 5.94. The van der Waals surface area contributed by atoms with Crippen molar-refractivity contribution in [2.75, 3.05) is 4.72 Å². The molecule has 0 saturated heterocycles. The average Bonchev–Trinajstić information content (AvgIpc) is 2.31. The number of nitrogens with zero attached hydrogens (tertiary/aromatic N) is 2. The van der Waals surface area contributed by atoms with E-state index >= 15 is 0 Å². The summed E-state index contributed by atoms with van der Waals surface area (Å²) in [6.45, 7) is 0. The number of anilines is 1. The largest absolute Gasteiger partial charge is 0.279 e. The van der Waals surface area contributed by atoms with Crippen LogP contribution in [0.4, 0.5) is 5.69 Å². The van der Waals surface area contributed by atoms with Crippen LogP contribution in [0.3, 0.4) is 0 Å². The summed E-state index contributed by atoms with van der Waals surface area (Å²) in [6.07, 6.45) is 3.56. The Labute approximate surface area is 93.2 Å². The molecule has 16 heavy (non-hydrogen) atoms. The van der Waals surface area contributed by atoms with Crippen molar-refractivity contribution < 1.29 is 8.42 Å². The number of sulfonamides is 1. The molecule has 0 spiro atoms. The van der Waals surface area contributed by atoms with Gasteiger partial charge in [0.05, 0.1) is 0 Å². The predicted octanol–water partition coefficient (Wildman–Crippen LogP) is 1.08. The molecule has 0 aliphatic rings. The first-order chi connectivity index (χ1) is 7.68. The van der Waals surface area contributed by atoms with Gasteiger partial charge >= 0.3 is 0 Å². The molecule has 0 aliphatic carbocycles. The van der Waals surface area contributed by atoms with Crippen molar-refractivity contribution in [1.29, 1.82) is 0 Å². The van der Waals surface area contributed by atoms with Crippen LogP contribution in [0.25, 0.3) is 0 Å². The zero-order chi connectivity index (χ0) is 11.4. The number of hydrogen-bond acceptors (Lipinski definition) is 4. The van der Waals surface area contributed by atoms with Crippen LogP contribution in [0.2, 0.25) is 0 Å². The summed E-state index contributed by atoms with van der Waals surface area (Å²) in [5.74, 6) is 0. The molecule has 6 heteroatoms. The van der Waals surface area contributed by atoms with Gasteiger partial charge in [-0.3, -0.25) is 4.72 Å². The Morgan fingerprint density at radius 2 is 1.88 bits per heavy atom. The first kappa shape index (κ1) is 10.6. The summed E-state index contributed by atoms with van der Waals surface area (Å²) >= 11 is 0. The van der Waals surface area contributed by atoms with Gasteiger partial charge in [-0.05, 0) is 18.2 Å². The fourth-order valence-electron chi connectivity index (χ4n) is 1.11. The van der Waals surface area contributed by atoms with E-state index in [-0.39, 0.29) is 5.03 Å². The van der Waals surface area contributed by atoms with E-state index < -0.39 is 10.0 Å². The molecule has 2 rings (SSSR count). The molecule has 0 aliphatic heterocycles. The van der Waals surface area contributed by atoms with E-state index in [1.807, 2.05) is 0 Å². The smallest absolute Gasteiger partial charge is 0.278 e.